The van der Waals surface area contributed by atoms with Crippen LogP contribution in [0, 0.1) is 0 Å². The second-order valence-corrected chi connectivity index (χ2v) is 30.6. The monoisotopic (exact) mass is 1350 g/mol. The number of hydrogen-bond donors (Lipinski definition) is 3. The molecule has 96 heavy (non-hydrogen) atoms. The van der Waals surface area contributed by atoms with Crippen LogP contribution in [0.1, 0.15) is 502 Å². The molecule has 2 unspecified atom stereocenters. The summed E-state index contributed by atoms with van der Waals surface area (Å²) in [5.41, 5.74) is 0. The molecule has 3 N–H and O–H groups in total. The van der Waals surface area contributed by atoms with Gasteiger partial charge in [0.15, 0.2) is 0 Å². The largest absolute Gasteiger partial charge is 0.466 e. The van der Waals surface area contributed by atoms with Crippen LogP contribution < -0.4 is 5.32 Å². The average Bonchev–Trinajstić information content (AvgIpc) is 2.50. The summed E-state index contributed by atoms with van der Waals surface area (Å²) < 4.78 is 5.50. The van der Waals surface area contributed by atoms with Gasteiger partial charge in [-0.05, 0) is 83.5 Å². The number of carbonyl (C=O) groups excluding carboxylic acids is 2. The molecule has 0 aromatic rings. The Morgan fingerprint density at radius 1 is 0.292 bits per heavy atom. The van der Waals surface area contributed by atoms with Crippen LogP contribution in [-0.2, 0) is 14.3 Å². The first kappa shape index (κ1) is 94.1. The number of ether oxygens (including phenoxy) is 1. The Balaban J connectivity index is 3.36. The van der Waals surface area contributed by atoms with Crippen LogP contribution in [0.5, 0.6) is 0 Å². The van der Waals surface area contributed by atoms with E-state index in [1.807, 2.05) is 0 Å². The number of aliphatic hydroxyl groups excluding tert-OH is 2. The highest BCUT2D eigenvalue weighted by Gasteiger charge is 2.20. The number of unbranched alkanes of at least 4 members (excludes halogenated alkanes) is 67. The minimum atomic E-state index is -0.664. The predicted octanol–water partition coefficient (Wildman–Crippen LogP) is 29.7. The standard InChI is InChI=1S/C90H173NO5/c1-3-5-7-9-11-13-15-17-19-20-21-22-23-39-42-45-48-51-55-58-62-66-70-74-78-82-88(93)87(86-92)91-89(94)83-79-75-71-67-63-59-56-52-49-46-43-40-37-35-33-31-29-27-25-24-26-28-30-32-34-36-38-41-44-47-50-53-57-61-65-69-73-77-81-85-96-90(95)84-80-76-72-68-64-60-54-18-16-14-12-10-8-6-4-2/h18,24-25,28,30,54,87-88,92-93H,3-17,19-23,26-27,29,31-53,55-86H2,1-2H3,(H,91,94)/b25-24-,30-28-,54-18-. The molecule has 2 atom stereocenters. The third kappa shape index (κ3) is 81.0. The molecular weight excluding hydrogens is 1170 g/mol. The molecule has 0 spiro atoms. The van der Waals surface area contributed by atoms with Gasteiger partial charge in [-0.25, -0.2) is 0 Å². The molecule has 0 heterocycles. The van der Waals surface area contributed by atoms with Gasteiger partial charge in [0.05, 0.1) is 25.4 Å². The highest BCUT2D eigenvalue weighted by atomic mass is 16.5. The molecule has 0 saturated heterocycles. The number of amides is 1. The lowest BCUT2D eigenvalue weighted by Crippen LogP contribution is -2.45. The molecule has 0 fully saturated rings. The van der Waals surface area contributed by atoms with Gasteiger partial charge in [0.2, 0.25) is 5.91 Å². The summed E-state index contributed by atoms with van der Waals surface area (Å²) in [5, 5.41) is 23.5. The first-order chi connectivity index (χ1) is 47.5. The summed E-state index contributed by atoms with van der Waals surface area (Å²) in [7, 11) is 0. The number of rotatable bonds is 84. The zero-order chi connectivity index (χ0) is 69.1. The highest BCUT2D eigenvalue weighted by molar-refractivity contribution is 5.76. The van der Waals surface area contributed by atoms with Gasteiger partial charge in [0.25, 0.3) is 0 Å². The Bertz CT molecular complexity index is 1560. The van der Waals surface area contributed by atoms with E-state index in [1.165, 1.54) is 417 Å². The van der Waals surface area contributed by atoms with Crippen LogP contribution in [0.4, 0.5) is 0 Å². The van der Waals surface area contributed by atoms with Gasteiger partial charge in [0.1, 0.15) is 0 Å². The molecule has 0 saturated carbocycles. The van der Waals surface area contributed by atoms with Gasteiger partial charge >= 0.3 is 5.97 Å². The first-order valence-electron chi connectivity index (χ1n) is 44.2. The zero-order valence-electron chi connectivity index (χ0n) is 65.4. The number of esters is 1. The van der Waals surface area contributed by atoms with E-state index in [2.05, 4.69) is 55.6 Å². The van der Waals surface area contributed by atoms with Crippen molar-refractivity contribution in [3.05, 3.63) is 36.5 Å². The van der Waals surface area contributed by atoms with E-state index in [-0.39, 0.29) is 18.5 Å². The van der Waals surface area contributed by atoms with E-state index in [1.54, 1.807) is 0 Å². The number of hydrogen-bond acceptors (Lipinski definition) is 5. The minimum absolute atomic E-state index is 0.0133. The highest BCUT2D eigenvalue weighted by Crippen LogP contribution is 2.21. The second-order valence-electron chi connectivity index (χ2n) is 30.6. The molecule has 568 valence electrons. The fourth-order valence-electron chi connectivity index (χ4n) is 14.2. The van der Waals surface area contributed by atoms with Crippen molar-refractivity contribution in [2.45, 2.75) is 514 Å². The van der Waals surface area contributed by atoms with Crippen LogP contribution in [0.2, 0.25) is 0 Å². The van der Waals surface area contributed by atoms with Crippen LogP contribution in [0.15, 0.2) is 36.5 Å². The molecule has 0 bridgehead atoms. The molecule has 0 aliphatic carbocycles. The lowest BCUT2D eigenvalue weighted by atomic mass is 10.0. The fraction of sp³-hybridized carbons (Fsp3) is 0.911. The summed E-state index contributed by atoms with van der Waals surface area (Å²) in [6, 6.07) is -0.541. The van der Waals surface area contributed by atoms with Crippen molar-refractivity contribution in [2.75, 3.05) is 13.2 Å². The maximum Gasteiger partial charge on any atom is 0.305 e. The molecular formula is C90H173NO5. The van der Waals surface area contributed by atoms with Crippen molar-refractivity contribution in [1.82, 2.24) is 5.32 Å². The molecule has 0 aromatic carbocycles. The van der Waals surface area contributed by atoms with Gasteiger partial charge in [-0.1, -0.05) is 442 Å². The minimum Gasteiger partial charge on any atom is -0.466 e. The fourth-order valence-corrected chi connectivity index (χ4v) is 14.2. The molecule has 6 heteroatoms. The zero-order valence-corrected chi connectivity index (χ0v) is 65.4. The molecule has 6 nitrogen and oxygen atoms in total. The summed E-state index contributed by atoms with van der Waals surface area (Å²) in [6.45, 7) is 5.00. The first-order valence-corrected chi connectivity index (χ1v) is 44.2. The maximum atomic E-state index is 12.6. The van der Waals surface area contributed by atoms with E-state index in [9.17, 15) is 19.8 Å². The number of carbonyl (C=O) groups is 2. The van der Waals surface area contributed by atoms with E-state index >= 15 is 0 Å². The van der Waals surface area contributed by atoms with Crippen molar-refractivity contribution in [2.24, 2.45) is 0 Å². The Kier molecular flexibility index (Phi) is 83.8. The van der Waals surface area contributed by atoms with E-state index in [4.69, 9.17) is 4.74 Å². The lowest BCUT2D eigenvalue weighted by molar-refractivity contribution is -0.143. The van der Waals surface area contributed by atoms with Crippen molar-refractivity contribution >= 4 is 11.9 Å². The second kappa shape index (κ2) is 85.5. The van der Waals surface area contributed by atoms with E-state index in [0.717, 1.165) is 51.4 Å². The third-order valence-electron chi connectivity index (χ3n) is 20.9. The number of aliphatic hydroxyl groups is 2. The van der Waals surface area contributed by atoms with Crippen LogP contribution in [-0.4, -0.2) is 47.4 Å². The Labute approximate surface area is 602 Å². The van der Waals surface area contributed by atoms with E-state index < -0.39 is 12.1 Å². The Morgan fingerprint density at radius 3 is 0.802 bits per heavy atom. The summed E-state index contributed by atoms with van der Waals surface area (Å²) in [5.74, 6) is -0.0123. The Morgan fingerprint density at radius 2 is 0.521 bits per heavy atom. The molecule has 0 aliphatic heterocycles. The van der Waals surface area contributed by atoms with Crippen LogP contribution >= 0.6 is 0 Å². The van der Waals surface area contributed by atoms with Crippen molar-refractivity contribution in [1.29, 1.82) is 0 Å². The van der Waals surface area contributed by atoms with Crippen molar-refractivity contribution in [3.8, 4) is 0 Å². The van der Waals surface area contributed by atoms with Crippen LogP contribution in [0.3, 0.4) is 0 Å². The smallest absolute Gasteiger partial charge is 0.305 e. The lowest BCUT2D eigenvalue weighted by Gasteiger charge is -2.22. The van der Waals surface area contributed by atoms with Gasteiger partial charge in [-0.3, -0.25) is 9.59 Å². The van der Waals surface area contributed by atoms with Gasteiger partial charge in [-0.2, -0.15) is 0 Å². The molecule has 1 amide bonds. The van der Waals surface area contributed by atoms with E-state index in [0.29, 0.717) is 25.9 Å². The van der Waals surface area contributed by atoms with Crippen molar-refractivity contribution < 1.29 is 24.5 Å². The van der Waals surface area contributed by atoms with Gasteiger partial charge in [0, 0.05) is 12.8 Å². The average molecular weight is 1350 g/mol. The predicted molar refractivity (Wildman–Crippen MR) is 426 cm³/mol. The molecule has 0 rings (SSSR count). The van der Waals surface area contributed by atoms with Gasteiger partial charge in [-0.15, -0.1) is 0 Å². The molecule has 0 radical (unpaired) electrons. The summed E-state index contributed by atoms with van der Waals surface area (Å²) in [4.78, 5) is 24.7. The summed E-state index contributed by atoms with van der Waals surface area (Å²) in [6.07, 6.45) is 113. The molecule has 0 aromatic heterocycles. The topological polar surface area (TPSA) is 95.9 Å². The normalized spacial score (nSPS) is 12.6. The quantitative estimate of drug-likeness (QED) is 0.0320. The summed E-state index contributed by atoms with van der Waals surface area (Å²) >= 11 is 0. The van der Waals surface area contributed by atoms with Crippen molar-refractivity contribution in [3.63, 3.8) is 0 Å². The Hall–Kier alpha value is -1.92. The van der Waals surface area contributed by atoms with Gasteiger partial charge < -0.3 is 20.3 Å². The van der Waals surface area contributed by atoms with Crippen LogP contribution in [0.25, 0.3) is 0 Å². The number of allylic oxidation sites excluding steroid dienone is 6. The molecule has 0 aliphatic rings. The number of nitrogens with one attached hydrogen (secondary N) is 1. The SMILES string of the molecule is CCCCCCCC/C=C\CCCCCCCC(=O)OCCCCCCCCCCCCCCCCC/C=C\C/C=C\CCCCCCCCCCCCCCCCCCCC(=O)NC(CO)C(O)CCCCCCCCCCCCCCCCCCCCCCCCCCC. The maximum absolute atomic E-state index is 12.6. The third-order valence-corrected chi connectivity index (χ3v) is 20.9.